The van der Waals surface area contributed by atoms with E-state index in [0.29, 0.717) is 18.4 Å². The van der Waals surface area contributed by atoms with Gasteiger partial charge >= 0.3 is 0 Å². The molecule has 2 atom stereocenters. The molecular formula is C12H26N2O. The smallest absolute Gasteiger partial charge is 0.222 e. The summed E-state index contributed by atoms with van der Waals surface area (Å²) in [6.07, 6.45) is 2.77. The molecule has 1 N–H and O–H groups in total. The van der Waals surface area contributed by atoms with Gasteiger partial charge < -0.3 is 10.2 Å². The molecule has 1 amide bonds. The van der Waals surface area contributed by atoms with E-state index in [4.69, 9.17) is 0 Å². The molecule has 0 aliphatic heterocycles. The van der Waals surface area contributed by atoms with Crippen LogP contribution in [0.4, 0.5) is 0 Å². The Morgan fingerprint density at radius 2 is 1.93 bits per heavy atom. The summed E-state index contributed by atoms with van der Waals surface area (Å²) in [6.45, 7) is 7.61. The minimum absolute atomic E-state index is 0.216. The molecule has 90 valence electrons. The molecule has 0 aromatic rings. The van der Waals surface area contributed by atoms with Gasteiger partial charge in [-0.05, 0) is 25.8 Å². The fourth-order valence-electron chi connectivity index (χ4n) is 1.35. The van der Waals surface area contributed by atoms with Gasteiger partial charge in [-0.25, -0.2) is 0 Å². The second-order valence-corrected chi connectivity index (χ2v) is 4.52. The fraction of sp³-hybridized carbons (Fsp3) is 0.917. The van der Waals surface area contributed by atoms with Gasteiger partial charge in [-0.2, -0.15) is 0 Å². The number of nitrogens with one attached hydrogen (secondary N) is 1. The Balaban J connectivity index is 3.50. The standard InChI is InChI=1S/C12H26N2O/c1-6-10(2)11(3)13-9-7-8-12(15)14(4)5/h10-11,13H,6-9H2,1-5H3. The van der Waals surface area contributed by atoms with Crippen LogP contribution < -0.4 is 5.32 Å². The van der Waals surface area contributed by atoms with Gasteiger partial charge in [-0.15, -0.1) is 0 Å². The Hall–Kier alpha value is -0.570. The Kier molecular flexibility index (Phi) is 7.39. The Morgan fingerprint density at radius 3 is 2.40 bits per heavy atom. The second kappa shape index (κ2) is 7.69. The zero-order chi connectivity index (χ0) is 11.8. The summed E-state index contributed by atoms with van der Waals surface area (Å²) in [5, 5.41) is 3.46. The summed E-state index contributed by atoms with van der Waals surface area (Å²) in [7, 11) is 3.61. The number of nitrogens with zero attached hydrogens (tertiary/aromatic N) is 1. The first kappa shape index (κ1) is 14.4. The second-order valence-electron chi connectivity index (χ2n) is 4.52. The monoisotopic (exact) mass is 214 g/mol. The van der Waals surface area contributed by atoms with Crippen LogP contribution in [0.15, 0.2) is 0 Å². The van der Waals surface area contributed by atoms with E-state index in [1.54, 1.807) is 19.0 Å². The van der Waals surface area contributed by atoms with Crippen LogP contribution in [-0.2, 0) is 4.79 Å². The molecule has 0 radical (unpaired) electrons. The van der Waals surface area contributed by atoms with Gasteiger partial charge in [0.2, 0.25) is 5.91 Å². The van der Waals surface area contributed by atoms with Crippen LogP contribution in [0.2, 0.25) is 0 Å². The van der Waals surface area contributed by atoms with Crippen LogP contribution in [0, 0.1) is 5.92 Å². The van der Waals surface area contributed by atoms with Crippen molar-refractivity contribution in [1.29, 1.82) is 0 Å². The maximum Gasteiger partial charge on any atom is 0.222 e. The van der Waals surface area contributed by atoms with Gasteiger partial charge in [0.1, 0.15) is 0 Å². The van der Waals surface area contributed by atoms with E-state index in [-0.39, 0.29) is 5.91 Å². The van der Waals surface area contributed by atoms with E-state index in [9.17, 15) is 4.79 Å². The van der Waals surface area contributed by atoms with Crippen molar-refractivity contribution in [2.75, 3.05) is 20.6 Å². The average molecular weight is 214 g/mol. The lowest BCUT2D eigenvalue weighted by atomic mass is 10.0. The molecular weight excluding hydrogens is 188 g/mol. The molecule has 0 bridgehead atoms. The largest absolute Gasteiger partial charge is 0.349 e. The topological polar surface area (TPSA) is 32.3 Å². The number of carbonyl (C=O) groups excluding carboxylic acids is 1. The quantitative estimate of drug-likeness (QED) is 0.656. The first-order chi connectivity index (χ1) is 6.99. The molecule has 2 unspecified atom stereocenters. The van der Waals surface area contributed by atoms with Crippen molar-refractivity contribution in [3.05, 3.63) is 0 Å². The lowest BCUT2D eigenvalue weighted by Crippen LogP contribution is -2.33. The molecule has 0 fully saturated rings. The third kappa shape index (κ3) is 6.50. The average Bonchev–Trinajstić information content (AvgIpc) is 2.22. The van der Waals surface area contributed by atoms with Gasteiger partial charge in [0.05, 0.1) is 0 Å². The Morgan fingerprint density at radius 1 is 1.33 bits per heavy atom. The highest BCUT2D eigenvalue weighted by Crippen LogP contribution is 2.06. The molecule has 0 saturated heterocycles. The summed E-state index contributed by atoms with van der Waals surface area (Å²) >= 11 is 0. The van der Waals surface area contributed by atoms with Crippen molar-refractivity contribution in [1.82, 2.24) is 10.2 Å². The summed E-state index contributed by atoms with van der Waals surface area (Å²) in [6, 6.07) is 0.546. The molecule has 0 aliphatic rings. The lowest BCUT2D eigenvalue weighted by Gasteiger charge is -2.20. The van der Waals surface area contributed by atoms with E-state index in [2.05, 4.69) is 26.1 Å². The summed E-state index contributed by atoms with van der Waals surface area (Å²) in [5.74, 6) is 0.919. The van der Waals surface area contributed by atoms with E-state index in [1.165, 1.54) is 6.42 Å². The number of amides is 1. The van der Waals surface area contributed by atoms with Crippen LogP contribution in [0.3, 0.4) is 0 Å². The molecule has 0 spiro atoms. The zero-order valence-electron chi connectivity index (χ0n) is 10.8. The zero-order valence-corrected chi connectivity index (χ0v) is 10.8. The third-order valence-electron chi connectivity index (χ3n) is 3.03. The van der Waals surface area contributed by atoms with Gasteiger partial charge in [-0.1, -0.05) is 20.3 Å². The van der Waals surface area contributed by atoms with Gasteiger partial charge in [0, 0.05) is 26.6 Å². The number of hydrogen-bond donors (Lipinski definition) is 1. The van der Waals surface area contributed by atoms with Crippen molar-refractivity contribution in [3.63, 3.8) is 0 Å². The predicted molar refractivity (Wildman–Crippen MR) is 64.8 cm³/mol. The highest BCUT2D eigenvalue weighted by atomic mass is 16.2. The molecule has 0 aliphatic carbocycles. The predicted octanol–water partition coefficient (Wildman–Crippen LogP) is 1.88. The minimum Gasteiger partial charge on any atom is -0.349 e. The van der Waals surface area contributed by atoms with Crippen molar-refractivity contribution >= 4 is 5.91 Å². The van der Waals surface area contributed by atoms with Gasteiger partial charge in [0.25, 0.3) is 0 Å². The maximum atomic E-state index is 11.3. The minimum atomic E-state index is 0.216. The highest BCUT2D eigenvalue weighted by molar-refractivity contribution is 5.75. The van der Waals surface area contributed by atoms with Crippen molar-refractivity contribution in [2.45, 2.75) is 46.1 Å². The van der Waals surface area contributed by atoms with Crippen LogP contribution in [0.25, 0.3) is 0 Å². The Labute approximate surface area is 94.2 Å². The van der Waals surface area contributed by atoms with E-state index >= 15 is 0 Å². The van der Waals surface area contributed by atoms with E-state index in [0.717, 1.165) is 13.0 Å². The van der Waals surface area contributed by atoms with E-state index < -0.39 is 0 Å². The summed E-state index contributed by atoms with van der Waals surface area (Å²) in [4.78, 5) is 12.9. The van der Waals surface area contributed by atoms with Crippen molar-refractivity contribution in [3.8, 4) is 0 Å². The van der Waals surface area contributed by atoms with Crippen LogP contribution in [0.1, 0.15) is 40.0 Å². The molecule has 0 heterocycles. The third-order valence-corrected chi connectivity index (χ3v) is 3.03. The number of carbonyl (C=O) groups is 1. The number of rotatable bonds is 7. The van der Waals surface area contributed by atoms with Crippen LogP contribution in [0.5, 0.6) is 0 Å². The Bertz CT molecular complexity index is 180. The highest BCUT2D eigenvalue weighted by Gasteiger charge is 2.09. The lowest BCUT2D eigenvalue weighted by molar-refractivity contribution is -0.128. The van der Waals surface area contributed by atoms with Crippen LogP contribution >= 0.6 is 0 Å². The molecule has 0 rings (SSSR count). The molecule has 0 aromatic carbocycles. The SMILES string of the molecule is CCC(C)C(C)NCCCC(=O)N(C)C. The van der Waals surface area contributed by atoms with E-state index in [1.807, 2.05) is 0 Å². The maximum absolute atomic E-state index is 11.3. The fourth-order valence-corrected chi connectivity index (χ4v) is 1.35. The van der Waals surface area contributed by atoms with Crippen molar-refractivity contribution < 1.29 is 4.79 Å². The van der Waals surface area contributed by atoms with Crippen molar-refractivity contribution in [2.24, 2.45) is 5.92 Å². The summed E-state index contributed by atoms with van der Waals surface area (Å²) in [5.41, 5.74) is 0. The number of hydrogen-bond acceptors (Lipinski definition) is 2. The van der Waals surface area contributed by atoms with Crippen LogP contribution in [-0.4, -0.2) is 37.5 Å². The normalized spacial score (nSPS) is 14.7. The van der Waals surface area contributed by atoms with Gasteiger partial charge in [-0.3, -0.25) is 4.79 Å². The molecule has 3 heteroatoms. The first-order valence-corrected chi connectivity index (χ1v) is 5.92. The molecule has 0 saturated carbocycles. The molecule has 0 aromatic heterocycles. The first-order valence-electron chi connectivity index (χ1n) is 5.92. The molecule has 3 nitrogen and oxygen atoms in total. The molecule has 15 heavy (non-hydrogen) atoms. The van der Waals surface area contributed by atoms with Gasteiger partial charge in [0.15, 0.2) is 0 Å². The summed E-state index contributed by atoms with van der Waals surface area (Å²) < 4.78 is 0.